The first kappa shape index (κ1) is 13.5. The van der Waals surface area contributed by atoms with Crippen molar-refractivity contribution in [2.75, 3.05) is 0 Å². The predicted octanol–water partition coefficient (Wildman–Crippen LogP) is 2.76. The number of halogens is 1. The maximum absolute atomic E-state index is 11.8. The van der Waals surface area contributed by atoms with Gasteiger partial charge < -0.3 is 5.32 Å². The first-order chi connectivity index (χ1) is 8.69. The summed E-state index contributed by atoms with van der Waals surface area (Å²) in [4.78, 5) is 20.2. The molecule has 0 saturated heterocycles. The van der Waals surface area contributed by atoms with E-state index in [1.54, 1.807) is 6.20 Å². The Bertz CT molecular complexity index is 512. The van der Waals surface area contributed by atoms with Crippen molar-refractivity contribution < 1.29 is 4.79 Å². The zero-order valence-corrected chi connectivity index (χ0v) is 12.1. The first-order valence-electron chi connectivity index (χ1n) is 5.37. The van der Waals surface area contributed by atoms with Crippen molar-refractivity contribution in [3.63, 3.8) is 0 Å². The quantitative estimate of drug-likeness (QED) is 0.864. The second kappa shape index (κ2) is 6.26. The van der Waals surface area contributed by atoms with Gasteiger partial charge in [-0.3, -0.25) is 4.79 Å². The Kier molecular flexibility index (Phi) is 4.68. The lowest BCUT2D eigenvalue weighted by molar-refractivity contribution is -0.121. The Balaban J connectivity index is 1.88. The van der Waals surface area contributed by atoms with Crippen LogP contribution < -0.4 is 5.32 Å². The van der Waals surface area contributed by atoms with Crippen molar-refractivity contribution in [2.24, 2.45) is 0 Å². The van der Waals surface area contributed by atoms with Crippen molar-refractivity contribution in [2.45, 2.75) is 25.3 Å². The Morgan fingerprint density at radius 2 is 2.39 bits per heavy atom. The van der Waals surface area contributed by atoms with Gasteiger partial charge in [-0.05, 0) is 6.92 Å². The number of aromatic nitrogens is 2. The molecule has 4 nitrogen and oxygen atoms in total. The minimum absolute atomic E-state index is 0.0480. The van der Waals surface area contributed by atoms with Gasteiger partial charge in [0.05, 0.1) is 24.0 Å². The van der Waals surface area contributed by atoms with Gasteiger partial charge >= 0.3 is 0 Å². The summed E-state index contributed by atoms with van der Waals surface area (Å²) < 4.78 is 0. The summed E-state index contributed by atoms with van der Waals surface area (Å²) in [6.07, 6.45) is 2.02. The Labute approximate surface area is 118 Å². The molecule has 0 aliphatic heterocycles. The number of alkyl halides is 1. The molecule has 2 aromatic heterocycles. The minimum Gasteiger partial charge on any atom is -0.347 e. The molecule has 0 spiro atoms. The average molecular weight is 302 g/mol. The van der Waals surface area contributed by atoms with Crippen molar-refractivity contribution in [1.82, 2.24) is 15.3 Å². The van der Waals surface area contributed by atoms with E-state index in [2.05, 4.69) is 15.3 Å². The minimum atomic E-state index is -0.0649. The standard InChI is InChI=1S/C11H12ClN3OS2/c1-7(11-13-2-3-17-11)14-9(16)4-10-15-8(5-12)6-18-10/h2-3,6-7H,4-5H2,1H3,(H,14,16). The summed E-state index contributed by atoms with van der Waals surface area (Å²) in [6.45, 7) is 1.92. The second-order valence-corrected chi connectivity index (χ2v) is 5.84. The van der Waals surface area contributed by atoms with Crippen LogP contribution in [0, 0.1) is 0 Å². The van der Waals surface area contributed by atoms with E-state index >= 15 is 0 Å². The first-order valence-corrected chi connectivity index (χ1v) is 7.66. The van der Waals surface area contributed by atoms with Crippen molar-refractivity contribution in [1.29, 1.82) is 0 Å². The van der Waals surface area contributed by atoms with Crippen LogP contribution in [-0.2, 0) is 17.1 Å². The fourth-order valence-corrected chi connectivity index (χ4v) is 3.10. The number of nitrogens with one attached hydrogen (secondary N) is 1. The van der Waals surface area contributed by atoms with E-state index in [0.29, 0.717) is 5.88 Å². The van der Waals surface area contributed by atoms with E-state index in [9.17, 15) is 4.79 Å². The lowest BCUT2D eigenvalue weighted by Gasteiger charge is -2.10. The third kappa shape index (κ3) is 3.51. The van der Waals surface area contributed by atoms with Gasteiger partial charge in [0.1, 0.15) is 10.0 Å². The third-order valence-electron chi connectivity index (χ3n) is 2.25. The molecule has 1 amide bonds. The van der Waals surface area contributed by atoms with E-state index in [0.717, 1.165) is 15.7 Å². The van der Waals surface area contributed by atoms with Crippen molar-refractivity contribution in [3.8, 4) is 0 Å². The summed E-state index contributed by atoms with van der Waals surface area (Å²) in [6, 6.07) is -0.0649. The molecule has 7 heteroatoms. The zero-order valence-electron chi connectivity index (χ0n) is 9.72. The summed E-state index contributed by atoms with van der Waals surface area (Å²) in [5.74, 6) is 0.335. The van der Waals surface area contributed by atoms with E-state index in [4.69, 9.17) is 11.6 Å². The number of carbonyl (C=O) groups excluding carboxylic acids is 1. The SMILES string of the molecule is CC(NC(=O)Cc1nc(CCl)cs1)c1nccs1. The van der Waals surface area contributed by atoms with Crippen LogP contribution in [0.1, 0.15) is 28.7 Å². The highest BCUT2D eigenvalue weighted by atomic mass is 35.5. The third-order valence-corrected chi connectivity index (χ3v) is 4.38. The molecule has 1 atom stereocenters. The maximum atomic E-state index is 11.8. The Morgan fingerprint density at radius 3 is 3.00 bits per heavy atom. The second-order valence-electron chi connectivity index (χ2n) is 3.70. The lowest BCUT2D eigenvalue weighted by Crippen LogP contribution is -2.28. The van der Waals surface area contributed by atoms with E-state index in [1.807, 2.05) is 17.7 Å². The van der Waals surface area contributed by atoms with E-state index in [1.165, 1.54) is 22.7 Å². The van der Waals surface area contributed by atoms with Crippen LogP contribution >= 0.6 is 34.3 Å². The molecule has 2 rings (SSSR count). The normalized spacial score (nSPS) is 12.3. The molecule has 2 aromatic rings. The van der Waals surface area contributed by atoms with Gasteiger partial charge in [0, 0.05) is 17.0 Å². The summed E-state index contributed by atoms with van der Waals surface area (Å²) in [5.41, 5.74) is 0.817. The van der Waals surface area contributed by atoms with Gasteiger partial charge in [0.25, 0.3) is 0 Å². The van der Waals surface area contributed by atoms with Crippen LogP contribution in [0.25, 0.3) is 0 Å². The van der Waals surface area contributed by atoms with Crippen LogP contribution in [0.3, 0.4) is 0 Å². The average Bonchev–Trinajstić information content (AvgIpc) is 2.98. The number of carbonyl (C=O) groups is 1. The maximum Gasteiger partial charge on any atom is 0.227 e. The highest BCUT2D eigenvalue weighted by molar-refractivity contribution is 7.10. The van der Waals surface area contributed by atoms with Crippen molar-refractivity contribution in [3.05, 3.63) is 32.7 Å². The molecule has 96 valence electrons. The highest BCUT2D eigenvalue weighted by Gasteiger charge is 2.13. The van der Waals surface area contributed by atoms with Gasteiger partial charge in [-0.15, -0.1) is 34.3 Å². The number of hydrogen-bond donors (Lipinski definition) is 1. The molecular formula is C11H12ClN3OS2. The number of hydrogen-bond acceptors (Lipinski definition) is 5. The lowest BCUT2D eigenvalue weighted by atomic mass is 10.3. The van der Waals surface area contributed by atoms with Gasteiger partial charge in [-0.1, -0.05) is 0 Å². The summed E-state index contributed by atoms with van der Waals surface area (Å²) in [7, 11) is 0. The molecule has 2 heterocycles. The van der Waals surface area contributed by atoms with E-state index in [-0.39, 0.29) is 18.4 Å². The molecule has 18 heavy (non-hydrogen) atoms. The molecule has 0 radical (unpaired) electrons. The number of nitrogens with zero attached hydrogens (tertiary/aromatic N) is 2. The van der Waals surface area contributed by atoms with Gasteiger partial charge in [-0.2, -0.15) is 0 Å². The molecular weight excluding hydrogens is 290 g/mol. The van der Waals surface area contributed by atoms with Gasteiger partial charge in [0.2, 0.25) is 5.91 Å². The molecule has 1 N–H and O–H groups in total. The Hall–Kier alpha value is -0.980. The van der Waals surface area contributed by atoms with Crippen LogP contribution in [0.4, 0.5) is 0 Å². The summed E-state index contributed by atoms with van der Waals surface area (Å²) in [5, 5.41) is 8.36. The van der Waals surface area contributed by atoms with Crippen LogP contribution in [0.2, 0.25) is 0 Å². The monoisotopic (exact) mass is 301 g/mol. The summed E-state index contributed by atoms with van der Waals surface area (Å²) >= 11 is 8.65. The van der Waals surface area contributed by atoms with Crippen LogP contribution in [0.15, 0.2) is 17.0 Å². The zero-order chi connectivity index (χ0) is 13.0. The number of rotatable bonds is 5. The fraction of sp³-hybridized carbons (Fsp3) is 0.364. The molecule has 0 fully saturated rings. The molecule has 0 aliphatic rings. The molecule has 0 aromatic carbocycles. The molecule has 0 bridgehead atoms. The largest absolute Gasteiger partial charge is 0.347 e. The molecule has 0 aliphatic carbocycles. The smallest absolute Gasteiger partial charge is 0.227 e. The van der Waals surface area contributed by atoms with Gasteiger partial charge in [-0.25, -0.2) is 9.97 Å². The van der Waals surface area contributed by atoms with Crippen LogP contribution in [0.5, 0.6) is 0 Å². The predicted molar refractivity (Wildman–Crippen MR) is 74.0 cm³/mol. The highest BCUT2D eigenvalue weighted by Crippen LogP contribution is 2.16. The topological polar surface area (TPSA) is 54.9 Å². The molecule has 0 saturated carbocycles. The number of thiazole rings is 2. The van der Waals surface area contributed by atoms with E-state index < -0.39 is 0 Å². The van der Waals surface area contributed by atoms with Gasteiger partial charge in [0.15, 0.2) is 0 Å². The van der Waals surface area contributed by atoms with Crippen LogP contribution in [-0.4, -0.2) is 15.9 Å². The fourth-order valence-electron chi connectivity index (χ4n) is 1.43. The number of amides is 1. The molecule has 1 unspecified atom stereocenters. The van der Waals surface area contributed by atoms with Crippen molar-refractivity contribution >= 4 is 40.2 Å². The Morgan fingerprint density at radius 1 is 1.56 bits per heavy atom.